The van der Waals surface area contributed by atoms with Crippen LogP contribution in [0.25, 0.3) is 21.8 Å². The van der Waals surface area contributed by atoms with E-state index >= 15 is 0 Å². The zero-order valence-electron chi connectivity index (χ0n) is 13.0. The third kappa shape index (κ3) is 2.42. The molecule has 4 nitrogen and oxygen atoms in total. The minimum Gasteiger partial charge on any atom is -0.316 e. The number of nitrogens with one attached hydrogen (secondary N) is 1. The van der Waals surface area contributed by atoms with Gasteiger partial charge in [-0.2, -0.15) is 0 Å². The van der Waals surface area contributed by atoms with Gasteiger partial charge in [0.05, 0.1) is 11.0 Å². The fourth-order valence-electron chi connectivity index (χ4n) is 3.15. The minimum absolute atomic E-state index is 0.470. The molecule has 4 rings (SSSR count). The van der Waals surface area contributed by atoms with Crippen molar-refractivity contribution in [3.05, 3.63) is 93.0 Å². The summed E-state index contributed by atoms with van der Waals surface area (Å²) in [6.45, 7) is 0.470. The molecule has 118 valence electrons. The average Bonchev–Trinajstić information content (AvgIpc) is 2.63. The molecule has 24 heavy (non-hydrogen) atoms. The van der Waals surface area contributed by atoms with Crippen LogP contribution in [0.4, 0.5) is 0 Å². The van der Waals surface area contributed by atoms with E-state index in [1.807, 2.05) is 66.7 Å². The number of fused-ring (bicyclic) bond motifs is 3. The summed E-state index contributed by atoms with van der Waals surface area (Å²) < 4.78 is 1.60. The molecule has 0 aliphatic carbocycles. The van der Waals surface area contributed by atoms with Crippen molar-refractivity contribution >= 4 is 21.8 Å². The summed E-state index contributed by atoms with van der Waals surface area (Å²) in [4.78, 5) is 27.2. The Kier molecular flexibility index (Phi) is 3.50. The van der Waals surface area contributed by atoms with Crippen molar-refractivity contribution in [2.45, 2.75) is 13.0 Å². The van der Waals surface area contributed by atoms with Crippen LogP contribution in [0.3, 0.4) is 0 Å². The Balaban J connectivity index is 1.95. The Labute approximate surface area is 138 Å². The summed E-state index contributed by atoms with van der Waals surface area (Å²) in [5.41, 5.74) is 1.53. The molecular formula is C20H16N2O2. The van der Waals surface area contributed by atoms with Crippen molar-refractivity contribution < 1.29 is 0 Å². The van der Waals surface area contributed by atoms with E-state index < -0.39 is 11.1 Å². The minimum atomic E-state index is -0.578. The Hall–Kier alpha value is -3.14. The summed E-state index contributed by atoms with van der Waals surface area (Å²) in [6, 6.07) is 21.7. The zero-order valence-corrected chi connectivity index (χ0v) is 13.0. The quantitative estimate of drug-likeness (QED) is 0.466. The standard InChI is InChI=1S/C20H16N2O2/c23-19-20(24)22(13-12-14-6-2-1-3-7-14)18-16-9-5-4-8-15(16)10-11-17(18)21-19/h1-11H,12-13H2,(H,21,23). The second kappa shape index (κ2) is 5.81. The molecule has 1 N–H and O–H groups in total. The first-order chi connectivity index (χ1) is 11.7. The number of nitrogens with zero attached hydrogens (tertiary/aromatic N) is 1. The van der Waals surface area contributed by atoms with Crippen LogP contribution < -0.4 is 11.1 Å². The average molecular weight is 316 g/mol. The van der Waals surface area contributed by atoms with Crippen LogP contribution in [-0.2, 0) is 13.0 Å². The van der Waals surface area contributed by atoms with Gasteiger partial charge in [-0.15, -0.1) is 0 Å². The number of hydrogen-bond donors (Lipinski definition) is 1. The van der Waals surface area contributed by atoms with Crippen molar-refractivity contribution in [2.24, 2.45) is 0 Å². The molecule has 4 aromatic rings. The second-order valence-corrected chi connectivity index (χ2v) is 5.83. The van der Waals surface area contributed by atoms with E-state index in [-0.39, 0.29) is 0 Å². The molecule has 0 amide bonds. The van der Waals surface area contributed by atoms with Crippen molar-refractivity contribution in [1.82, 2.24) is 9.55 Å². The van der Waals surface area contributed by atoms with Gasteiger partial charge in [-0.05, 0) is 23.4 Å². The lowest BCUT2D eigenvalue weighted by molar-refractivity contribution is 0.687. The van der Waals surface area contributed by atoms with Gasteiger partial charge in [0, 0.05) is 11.9 Å². The maximum atomic E-state index is 12.5. The number of aryl methyl sites for hydroxylation is 2. The van der Waals surface area contributed by atoms with E-state index in [0.29, 0.717) is 18.5 Å². The van der Waals surface area contributed by atoms with Crippen LogP contribution in [0.1, 0.15) is 5.56 Å². The molecule has 0 aliphatic rings. The number of aromatic amines is 1. The fourth-order valence-corrected chi connectivity index (χ4v) is 3.15. The molecule has 0 bridgehead atoms. The molecule has 0 saturated heterocycles. The van der Waals surface area contributed by atoms with E-state index in [4.69, 9.17) is 0 Å². The normalized spacial score (nSPS) is 11.2. The number of rotatable bonds is 3. The van der Waals surface area contributed by atoms with Gasteiger partial charge in [0.25, 0.3) is 0 Å². The zero-order chi connectivity index (χ0) is 16.5. The number of benzene rings is 3. The highest BCUT2D eigenvalue weighted by molar-refractivity contribution is 6.03. The van der Waals surface area contributed by atoms with E-state index in [1.165, 1.54) is 0 Å². The van der Waals surface area contributed by atoms with Crippen LogP contribution in [-0.4, -0.2) is 9.55 Å². The Bertz CT molecular complexity index is 1140. The first-order valence-electron chi connectivity index (χ1n) is 7.92. The summed E-state index contributed by atoms with van der Waals surface area (Å²) in [7, 11) is 0. The van der Waals surface area contributed by atoms with E-state index in [0.717, 1.165) is 21.9 Å². The maximum Gasteiger partial charge on any atom is 0.316 e. The van der Waals surface area contributed by atoms with Crippen molar-refractivity contribution in [3.63, 3.8) is 0 Å². The Morgan fingerprint density at radius 2 is 1.58 bits per heavy atom. The van der Waals surface area contributed by atoms with E-state index in [1.54, 1.807) is 4.57 Å². The molecule has 1 heterocycles. The van der Waals surface area contributed by atoms with Crippen LogP contribution in [0.5, 0.6) is 0 Å². The molecule has 0 saturated carbocycles. The fraction of sp³-hybridized carbons (Fsp3) is 0.100. The van der Waals surface area contributed by atoms with Gasteiger partial charge in [0.2, 0.25) is 0 Å². The summed E-state index contributed by atoms with van der Waals surface area (Å²) in [6.07, 6.45) is 0.697. The van der Waals surface area contributed by atoms with Gasteiger partial charge in [0.1, 0.15) is 0 Å². The topological polar surface area (TPSA) is 54.9 Å². The van der Waals surface area contributed by atoms with Gasteiger partial charge in [0.15, 0.2) is 0 Å². The van der Waals surface area contributed by atoms with E-state index in [2.05, 4.69) is 4.98 Å². The summed E-state index contributed by atoms with van der Waals surface area (Å²) in [5.74, 6) is 0. The lowest BCUT2D eigenvalue weighted by atomic mass is 10.1. The van der Waals surface area contributed by atoms with E-state index in [9.17, 15) is 9.59 Å². The molecule has 0 radical (unpaired) electrons. The van der Waals surface area contributed by atoms with Crippen molar-refractivity contribution in [3.8, 4) is 0 Å². The van der Waals surface area contributed by atoms with Crippen molar-refractivity contribution in [2.75, 3.05) is 0 Å². The largest absolute Gasteiger partial charge is 0.316 e. The summed E-state index contributed by atoms with van der Waals surface area (Å²) >= 11 is 0. The third-order valence-electron chi connectivity index (χ3n) is 4.33. The highest BCUT2D eigenvalue weighted by Gasteiger charge is 2.10. The molecule has 0 aliphatic heterocycles. The lowest BCUT2D eigenvalue weighted by Crippen LogP contribution is -2.36. The molecule has 3 aromatic carbocycles. The van der Waals surface area contributed by atoms with Gasteiger partial charge in [-0.3, -0.25) is 9.59 Å². The third-order valence-corrected chi connectivity index (χ3v) is 4.33. The van der Waals surface area contributed by atoms with Crippen LogP contribution >= 0.6 is 0 Å². The Morgan fingerprint density at radius 1 is 0.833 bits per heavy atom. The smallest absolute Gasteiger partial charge is 0.316 e. The second-order valence-electron chi connectivity index (χ2n) is 5.83. The van der Waals surface area contributed by atoms with Gasteiger partial charge in [-0.1, -0.05) is 60.7 Å². The van der Waals surface area contributed by atoms with Crippen LogP contribution in [0.2, 0.25) is 0 Å². The maximum absolute atomic E-state index is 12.5. The van der Waals surface area contributed by atoms with Gasteiger partial charge < -0.3 is 9.55 Å². The van der Waals surface area contributed by atoms with Gasteiger partial charge >= 0.3 is 11.1 Å². The molecule has 0 spiro atoms. The van der Waals surface area contributed by atoms with Crippen LogP contribution in [0.15, 0.2) is 76.3 Å². The molecule has 4 heteroatoms. The molecule has 0 fully saturated rings. The van der Waals surface area contributed by atoms with Gasteiger partial charge in [-0.25, -0.2) is 0 Å². The monoisotopic (exact) mass is 316 g/mol. The number of H-pyrrole nitrogens is 1. The highest BCUT2D eigenvalue weighted by atomic mass is 16.2. The summed E-state index contributed by atoms with van der Waals surface area (Å²) in [5, 5.41) is 2.02. The van der Waals surface area contributed by atoms with Crippen LogP contribution in [0, 0.1) is 0 Å². The lowest BCUT2D eigenvalue weighted by Gasteiger charge is -2.12. The molecule has 1 aromatic heterocycles. The SMILES string of the molecule is O=c1[nH]c2ccc3ccccc3c2n(CCc2ccccc2)c1=O. The predicted octanol–water partition coefficient (Wildman–Crippen LogP) is 3.09. The number of hydrogen-bond acceptors (Lipinski definition) is 2. The predicted molar refractivity (Wildman–Crippen MR) is 96.5 cm³/mol. The molecule has 0 atom stereocenters. The first kappa shape index (κ1) is 14.5. The molecular weight excluding hydrogens is 300 g/mol. The first-order valence-corrected chi connectivity index (χ1v) is 7.92. The highest BCUT2D eigenvalue weighted by Crippen LogP contribution is 2.22. The number of aromatic nitrogens is 2. The Morgan fingerprint density at radius 3 is 2.42 bits per heavy atom. The van der Waals surface area contributed by atoms with Crippen molar-refractivity contribution in [1.29, 1.82) is 0 Å². The molecule has 0 unspecified atom stereocenters.